The van der Waals surface area contributed by atoms with Crippen LogP contribution >= 0.6 is 11.8 Å². The molecule has 1 atom stereocenters. The summed E-state index contributed by atoms with van der Waals surface area (Å²) >= 11 is 2.07. The van der Waals surface area contributed by atoms with Gasteiger partial charge in [-0.25, -0.2) is 0 Å². The van der Waals surface area contributed by atoms with Crippen LogP contribution in [0.15, 0.2) is 54.6 Å². The van der Waals surface area contributed by atoms with Crippen molar-refractivity contribution >= 4 is 11.8 Å². The van der Waals surface area contributed by atoms with Gasteiger partial charge in [-0.3, -0.25) is 0 Å². The van der Waals surface area contributed by atoms with Crippen LogP contribution in [0.1, 0.15) is 21.9 Å². The van der Waals surface area contributed by atoms with Gasteiger partial charge in [0.15, 0.2) is 0 Å². The molecule has 0 saturated carbocycles. The average molecular weight is 362 g/mol. The molecule has 0 bridgehead atoms. The molecular formula is C18H14CrO3S. The molecule has 0 spiro atoms. The topological polar surface area (TPSA) is 59.7 Å². The van der Waals surface area contributed by atoms with Crippen molar-refractivity contribution in [2.75, 3.05) is 0 Å². The third-order valence-corrected chi connectivity index (χ3v) is 4.41. The minimum atomic E-state index is 0. The van der Waals surface area contributed by atoms with Crippen molar-refractivity contribution in [3.63, 3.8) is 0 Å². The summed E-state index contributed by atoms with van der Waals surface area (Å²) in [4.78, 5) is 0. The predicted octanol–water partition coefficient (Wildman–Crippen LogP) is 4.10. The van der Waals surface area contributed by atoms with E-state index in [-0.39, 0.29) is 17.4 Å². The number of hydrogen-bond acceptors (Lipinski definition) is 1. The van der Waals surface area contributed by atoms with Crippen LogP contribution in [-0.4, -0.2) is 0 Å². The van der Waals surface area contributed by atoms with E-state index in [0.717, 1.165) is 6.42 Å². The smallest absolute Gasteiger partial charge is 0.0343 e. The van der Waals surface area contributed by atoms with Crippen molar-refractivity contribution in [2.24, 2.45) is 0 Å². The van der Waals surface area contributed by atoms with Crippen LogP contribution in [0.25, 0.3) is 0 Å². The van der Waals surface area contributed by atoms with Gasteiger partial charge in [0.05, 0.1) is 0 Å². The molecule has 0 amide bonds. The first kappa shape index (κ1) is 23.8. The number of rotatable bonds is 2. The summed E-state index contributed by atoms with van der Waals surface area (Å²) in [6.45, 7) is 13.5. The Kier molecular flexibility index (Phi) is 16.0. The number of hydrogen-bond donors (Lipinski definition) is 0. The van der Waals surface area contributed by atoms with Crippen LogP contribution in [0.3, 0.4) is 0 Å². The summed E-state index contributed by atoms with van der Waals surface area (Å²) in [5.74, 6) is 1.17. The Labute approximate surface area is 151 Å². The maximum atomic E-state index is 7.50. The van der Waals surface area contributed by atoms with Gasteiger partial charge >= 0.3 is 33.9 Å². The van der Waals surface area contributed by atoms with Crippen LogP contribution < -0.4 is 0 Å². The molecule has 0 unspecified atom stereocenters. The fourth-order valence-corrected chi connectivity index (χ4v) is 3.62. The van der Waals surface area contributed by atoms with Crippen LogP contribution in [-0.2, 0) is 43.5 Å². The maximum Gasteiger partial charge on any atom is 0.0343 e. The molecule has 23 heavy (non-hydrogen) atoms. The van der Waals surface area contributed by atoms with Crippen molar-refractivity contribution in [1.29, 1.82) is 0 Å². The molecule has 1 heterocycles. The summed E-state index contributed by atoms with van der Waals surface area (Å²) in [5.41, 5.74) is 4.50. The van der Waals surface area contributed by atoms with Crippen LogP contribution in [0, 0.1) is 20.0 Å². The van der Waals surface area contributed by atoms with Crippen molar-refractivity contribution < 1.29 is 31.3 Å². The van der Waals surface area contributed by atoms with Crippen LogP contribution in [0.5, 0.6) is 0 Å². The molecule has 0 N–H and O–H groups in total. The summed E-state index contributed by atoms with van der Waals surface area (Å²) in [6.07, 6.45) is 1.16. The molecule has 0 aliphatic carbocycles. The molecular weight excluding hydrogens is 348 g/mol. The van der Waals surface area contributed by atoms with Crippen molar-refractivity contribution in [1.82, 2.24) is 0 Å². The first-order valence-electron chi connectivity index (χ1n) is 6.28. The Morgan fingerprint density at radius 1 is 0.826 bits per heavy atom. The summed E-state index contributed by atoms with van der Waals surface area (Å²) < 4.78 is 22.5. The Hall–Kier alpha value is -1.46. The monoisotopic (exact) mass is 362 g/mol. The minimum Gasteiger partial charge on any atom is -0.149 e. The van der Waals surface area contributed by atoms with Crippen molar-refractivity contribution in [3.05, 3.63) is 91.2 Å². The van der Waals surface area contributed by atoms with E-state index in [9.17, 15) is 0 Å². The minimum absolute atomic E-state index is 0. The van der Waals surface area contributed by atoms with Gasteiger partial charge in [-0.1, -0.05) is 54.6 Å². The summed E-state index contributed by atoms with van der Waals surface area (Å²) in [6, 6.07) is 19.6. The molecule has 1 aliphatic rings. The molecule has 3 rings (SSSR count). The molecule has 2 aromatic carbocycles. The molecule has 2 aromatic rings. The molecule has 3 nitrogen and oxygen atoms in total. The molecule has 0 aromatic heterocycles. The molecule has 0 radical (unpaired) electrons. The zero-order valence-electron chi connectivity index (χ0n) is 12.2. The van der Waals surface area contributed by atoms with E-state index in [0.29, 0.717) is 5.25 Å². The zero-order valence-corrected chi connectivity index (χ0v) is 14.3. The second-order valence-corrected chi connectivity index (χ2v) is 5.38. The van der Waals surface area contributed by atoms with Gasteiger partial charge in [-0.05, 0) is 23.1 Å². The Bertz CT molecular complexity index is 594. The second kappa shape index (κ2) is 15.4. The van der Waals surface area contributed by atoms with E-state index in [1.807, 2.05) is 0 Å². The van der Waals surface area contributed by atoms with Crippen LogP contribution in [0.2, 0.25) is 0 Å². The van der Waals surface area contributed by atoms with Gasteiger partial charge in [0.1, 0.15) is 0 Å². The number of thioether (sulfide) groups is 1. The van der Waals surface area contributed by atoms with E-state index in [4.69, 9.17) is 14.0 Å². The SMILES string of the molecule is [C-]#[O+].[C-]#[O+].[C-]#[O+].[Cr].c1ccc(C[C@@H]2SCc3ccccc32)cc1. The molecule has 0 saturated heterocycles. The van der Waals surface area contributed by atoms with E-state index in [2.05, 4.69) is 86.3 Å². The fraction of sp³-hybridized carbons (Fsp3) is 0.167. The first-order valence-corrected chi connectivity index (χ1v) is 7.33. The Morgan fingerprint density at radius 3 is 1.96 bits per heavy atom. The summed E-state index contributed by atoms with van der Waals surface area (Å²) in [5, 5.41) is 0.651. The molecule has 116 valence electrons. The third kappa shape index (κ3) is 7.57. The standard InChI is InChI=1S/C15H14S.3CO.Cr/c1-2-6-12(7-3-1)10-15-14-9-5-4-8-13(14)11-16-15;3*1-2;/h1-9,15H,10-11H2;;;;/t15-;;;;/m0..../s1. The van der Waals surface area contributed by atoms with Gasteiger partial charge < -0.3 is 0 Å². The molecule has 5 heteroatoms. The van der Waals surface area contributed by atoms with E-state index in [1.54, 1.807) is 0 Å². The van der Waals surface area contributed by atoms with Gasteiger partial charge in [-0.15, -0.1) is 11.8 Å². The van der Waals surface area contributed by atoms with Crippen molar-refractivity contribution in [2.45, 2.75) is 17.4 Å². The Balaban J connectivity index is 0. The van der Waals surface area contributed by atoms with Gasteiger partial charge in [0.25, 0.3) is 0 Å². The largest absolute Gasteiger partial charge is 0.149 e. The van der Waals surface area contributed by atoms with E-state index < -0.39 is 0 Å². The zero-order chi connectivity index (χ0) is 16.8. The van der Waals surface area contributed by atoms with E-state index in [1.165, 1.54) is 22.4 Å². The number of benzene rings is 2. The normalized spacial score (nSPS) is 13.0. The predicted molar refractivity (Wildman–Crippen MR) is 82.4 cm³/mol. The van der Waals surface area contributed by atoms with Gasteiger partial charge in [0.2, 0.25) is 0 Å². The quantitative estimate of drug-likeness (QED) is 0.586. The maximum absolute atomic E-state index is 7.50. The van der Waals surface area contributed by atoms with Gasteiger partial charge in [-0.2, -0.15) is 0 Å². The summed E-state index contributed by atoms with van der Waals surface area (Å²) in [7, 11) is 0. The van der Waals surface area contributed by atoms with Crippen LogP contribution in [0.4, 0.5) is 0 Å². The first-order chi connectivity index (χ1) is 10.9. The fourth-order valence-electron chi connectivity index (χ4n) is 2.26. The molecule has 0 fully saturated rings. The third-order valence-electron chi connectivity index (χ3n) is 3.11. The Morgan fingerprint density at radius 2 is 1.35 bits per heavy atom. The average Bonchev–Trinajstić information content (AvgIpc) is 3.04. The number of fused-ring (bicyclic) bond motifs is 1. The molecule has 1 aliphatic heterocycles. The van der Waals surface area contributed by atoms with Gasteiger partial charge in [0, 0.05) is 28.4 Å². The van der Waals surface area contributed by atoms with Crippen molar-refractivity contribution in [3.8, 4) is 0 Å². The van der Waals surface area contributed by atoms with E-state index >= 15 is 0 Å². The second-order valence-electron chi connectivity index (χ2n) is 4.19.